The lowest BCUT2D eigenvalue weighted by molar-refractivity contribution is -0.141. The smallest absolute Gasteiger partial charge is 0.259 e. The van der Waals surface area contributed by atoms with Gasteiger partial charge < -0.3 is 9.80 Å². The Morgan fingerprint density at radius 2 is 1.73 bits per heavy atom. The number of nitrogens with zero attached hydrogens (tertiary/aromatic N) is 3. The van der Waals surface area contributed by atoms with Crippen LogP contribution in [0.4, 0.5) is 5.69 Å². The summed E-state index contributed by atoms with van der Waals surface area (Å²) in [7, 11) is 0. The highest BCUT2D eigenvalue weighted by atomic mass is 32.2. The molecule has 0 spiro atoms. The van der Waals surface area contributed by atoms with Crippen molar-refractivity contribution in [3.05, 3.63) is 24.3 Å². The first-order valence-electron chi connectivity index (χ1n) is 9.29. The number of hydrogen-bond acceptors (Lipinski definition) is 4. The molecular weight excluding hydrogens is 350 g/mol. The number of carbonyl (C=O) groups is 3. The molecule has 2 saturated heterocycles. The molecule has 136 valence electrons. The van der Waals surface area contributed by atoms with Gasteiger partial charge in [-0.15, -0.1) is 0 Å². The molecule has 26 heavy (non-hydrogen) atoms. The van der Waals surface area contributed by atoms with Crippen LogP contribution in [0.15, 0.2) is 29.2 Å². The number of amides is 3. The third-order valence-electron chi connectivity index (χ3n) is 5.81. The molecule has 3 aliphatic heterocycles. The third-order valence-corrected chi connectivity index (χ3v) is 7.28. The lowest BCUT2D eigenvalue weighted by Crippen LogP contribution is -2.59. The summed E-state index contributed by atoms with van der Waals surface area (Å²) in [6.07, 6.45) is 2.97. The minimum atomic E-state index is -0.830. The Kier molecular flexibility index (Phi) is 3.57. The van der Waals surface area contributed by atoms with Crippen LogP contribution in [0.5, 0.6) is 0 Å². The van der Waals surface area contributed by atoms with Crippen molar-refractivity contribution in [2.45, 2.75) is 35.4 Å². The average Bonchev–Trinajstić information content (AvgIpc) is 3.39. The Bertz CT molecular complexity index is 801. The Balaban J connectivity index is 1.36. The van der Waals surface area contributed by atoms with Crippen LogP contribution >= 0.6 is 11.8 Å². The minimum Gasteiger partial charge on any atom is -0.339 e. The second-order valence-corrected chi connectivity index (χ2v) is 8.79. The van der Waals surface area contributed by atoms with Gasteiger partial charge in [0, 0.05) is 43.4 Å². The minimum absolute atomic E-state index is 0.0167. The van der Waals surface area contributed by atoms with E-state index < -0.39 is 4.87 Å². The quantitative estimate of drug-likeness (QED) is 0.794. The summed E-state index contributed by atoms with van der Waals surface area (Å²) >= 11 is 1.52. The van der Waals surface area contributed by atoms with Crippen LogP contribution in [0.25, 0.3) is 0 Å². The Morgan fingerprint density at radius 3 is 2.46 bits per heavy atom. The van der Waals surface area contributed by atoms with Crippen molar-refractivity contribution in [3.63, 3.8) is 0 Å². The van der Waals surface area contributed by atoms with E-state index in [1.54, 1.807) is 4.90 Å². The van der Waals surface area contributed by atoms with E-state index in [2.05, 4.69) is 0 Å². The standard InChI is InChI=1S/C19H21N3O3S/c23-16-7-8-19(22(16)14-3-1-2-4-15(14)26-19)18(25)21-11-9-20(10-12-21)17(24)13-5-6-13/h1-4,13H,5-12H2. The zero-order chi connectivity index (χ0) is 17.9. The van der Waals surface area contributed by atoms with Gasteiger partial charge in [0.25, 0.3) is 5.91 Å². The molecule has 3 fully saturated rings. The van der Waals surface area contributed by atoms with Gasteiger partial charge >= 0.3 is 0 Å². The van der Waals surface area contributed by atoms with Gasteiger partial charge in [-0.25, -0.2) is 0 Å². The molecule has 4 aliphatic rings. The number of rotatable bonds is 2. The van der Waals surface area contributed by atoms with E-state index in [0.29, 0.717) is 39.0 Å². The molecular formula is C19H21N3O3S. The monoisotopic (exact) mass is 371 g/mol. The number of thioether (sulfide) groups is 1. The molecule has 0 N–H and O–H groups in total. The van der Waals surface area contributed by atoms with Crippen LogP contribution in [-0.4, -0.2) is 58.6 Å². The molecule has 1 unspecified atom stereocenters. The fourth-order valence-corrected chi connectivity index (χ4v) is 5.74. The van der Waals surface area contributed by atoms with Gasteiger partial charge in [0.15, 0.2) is 4.87 Å². The first kappa shape index (κ1) is 16.2. The van der Waals surface area contributed by atoms with Crippen molar-refractivity contribution in [2.75, 3.05) is 31.1 Å². The lowest BCUT2D eigenvalue weighted by Gasteiger charge is -2.40. The largest absolute Gasteiger partial charge is 0.339 e. The van der Waals surface area contributed by atoms with E-state index in [0.717, 1.165) is 23.4 Å². The Labute approximate surface area is 156 Å². The van der Waals surface area contributed by atoms with Crippen LogP contribution in [0, 0.1) is 5.92 Å². The van der Waals surface area contributed by atoms with Crippen LogP contribution in [0.1, 0.15) is 25.7 Å². The third kappa shape index (κ3) is 2.29. The fourth-order valence-electron chi connectivity index (χ4n) is 4.25. The summed E-state index contributed by atoms with van der Waals surface area (Å²) in [5, 5.41) is 0. The van der Waals surface area contributed by atoms with Crippen molar-refractivity contribution in [3.8, 4) is 0 Å². The highest BCUT2D eigenvalue weighted by Gasteiger charge is 2.58. The fraction of sp³-hybridized carbons (Fsp3) is 0.526. The second-order valence-electron chi connectivity index (χ2n) is 7.48. The molecule has 6 nitrogen and oxygen atoms in total. The molecule has 3 amide bonds. The van der Waals surface area contributed by atoms with Gasteiger partial charge in [-0.3, -0.25) is 19.3 Å². The maximum Gasteiger partial charge on any atom is 0.259 e. The topological polar surface area (TPSA) is 60.9 Å². The van der Waals surface area contributed by atoms with E-state index in [-0.39, 0.29) is 23.6 Å². The first-order valence-corrected chi connectivity index (χ1v) is 10.1. The predicted molar refractivity (Wildman–Crippen MR) is 97.6 cm³/mol. The number of piperazine rings is 1. The number of para-hydroxylation sites is 1. The van der Waals surface area contributed by atoms with Crippen LogP contribution < -0.4 is 4.90 Å². The maximum absolute atomic E-state index is 13.4. The summed E-state index contributed by atoms with van der Waals surface area (Å²) in [6, 6.07) is 7.76. The number of fused-ring (bicyclic) bond motifs is 3. The molecule has 1 aliphatic carbocycles. The molecule has 0 aromatic heterocycles. The zero-order valence-electron chi connectivity index (χ0n) is 14.5. The number of hydrogen-bond donors (Lipinski definition) is 0. The van der Waals surface area contributed by atoms with Crippen molar-refractivity contribution < 1.29 is 14.4 Å². The SMILES string of the molecule is O=C(C1CC1)N1CCN(C(=O)C23CCC(=O)N2c2ccccc2S3)CC1. The molecule has 5 rings (SSSR count). The van der Waals surface area contributed by atoms with Crippen LogP contribution in [0.3, 0.4) is 0 Å². The Hall–Kier alpha value is -2.02. The zero-order valence-corrected chi connectivity index (χ0v) is 15.3. The number of carbonyl (C=O) groups excluding carboxylic acids is 3. The van der Waals surface area contributed by atoms with Crippen molar-refractivity contribution in [1.29, 1.82) is 0 Å². The van der Waals surface area contributed by atoms with E-state index in [4.69, 9.17) is 0 Å². The molecule has 1 saturated carbocycles. The molecule has 3 heterocycles. The van der Waals surface area contributed by atoms with Gasteiger partial charge in [-0.1, -0.05) is 23.9 Å². The summed E-state index contributed by atoms with van der Waals surface area (Å²) in [5.74, 6) is 0.510. The maximum atomic E-state index is 13.4. The van der Waals surface area contributed by atoms with Gasteiger partial charge in [0.2, 0.25) is 11.8 Å². The van der Waals surface area contributed by atoms with E-state index >= 15 is 0 Å². The lowest BCUT2D eigenvalue weighted by atomic mass is 10.1. The number of anilines is 1. The summed E-state index contributed by atoms with van der Waals surface area (Å²) in [6.45, 7) is 2.31. The Morgan fingerprint density at radius 1 is 1.04 bits per heavy atom. The normalized spacial score (nSPS) is 27.5. The first-order chi connectivity index (χ1) is 12.6. The molecule has 0 radical (unpaired) electrons. The molecule has 0 bridgehead atoms. The highest BCUT2D eigenvalue weighted by molar-refractivity contribution is 8.02. The van der Waals surface area contributed by atoms with Crippen molar-refractivity contribution >= 4 is 35.2 Å². The van der Waals surface area contributed by atoms with Gasteiger partial charge in [-0.2, -0.15) is 0 Å². The molecule has 1 atom stereocenters. The van der Waals surface area contributed by atoms with E-state index in [1.807, 2.05) is 34.1 Å². The molecule has 1 aromatic carbocycles. The molecule has 7 heteroatoms. The highest BCUT2D eigenvalue weighted by Crippen LogP contribution is 2.56. The summed E-state index contributed by atoms with van der Waals surface area (Å²) in [4.78, 5) is 43.8. The van der Waals surface area contributed by atoms with E-state index in [9.17, 15) is 14.4 Å². The van der Waals surface area contributed by atoms with Gasteiger partial charge in [0.1, 0.15) is 0 Å². The molecule has 1 aromatic rings. The van der Waals surface area contributed by atoms with Gasteiger partial charge in [0.05, 0.1) is 5.69 Å². The summed E-state index contributed by atoms with van der Waals surface area (Å²) < 4.78 is 0. The second kappa shape index (κ2) is 5.74. The van der Waals surface area contributed by atoms with Crippen LogP contribution in [0.2, 0.25) is 0 Å². The summed E-state index contributed by atoms with van der Waals surface area (Å²) in [5.41, 5.74) is 0.857. The van der Waals surface area contributed by atoms with Crippen molar-refractivity contribution in [1.82, 2.24) is 9.80 Å². The predicted octanol–water partition coefficient (Wildman–Crippen LogP) is 1.70. The van der Waals surface area contributed by atoms with Crippen molar-refractivity contribution in [2.24, 2.45) is 5.92 Å². The van der Waals surface area contributed by atoms with Gasteiger partial charge in [-0.05, 0) is 31.4 Å². The van der Waals surface area contributed by atoms with E-state index in [1.165, 1.54) is 11.8 Å². The van der Waals surface area contributed by atoms with Crippen LogP contribution in [-0.2, 0) is 14.4 Å². The average molecular weight is 371 g/mol. The number of benzene rings is 1.